The van der Waals surface area contributed by atoms with Crippen molar-refractivity contribution < 1.29 is 14.4 Å². The van der Waals surface area contributed by atoms with Crippen molar-refractivity contribution in [3.8, 4) is 0 Å². The monoisotopic (exact) mass is 325 g/mol. The van der Waals surface area contributed by atoms with E-state index in [2.05, 4.69) is 5.32 Å². The van der Waals surface area contributed by atoms with E-state index in [0.717, 1.165) is 21.2 Å². The van der Waals surface area contributed by atoms with Crippen LogP contribution in [0, 0.1) is 0 Å². The topological polar surface area (TPSA) is 69.7 Å². The third-order valence-corrected chi connectivity index (χ3v) is 4.36. The molecule has 0 bridgehead atoms. The number of carbonyl (C=O) groups excluding carboxylic acids is 3. The lowest BCUT2D eigenvalue weighted by molar-refractivity contribution is -0.132. The van der Waals surface area contributed by atoms with Crippen LogP contribution in [0.4, 0.5) is 4.79 Å². The summed E-state index contributed by atoms with van der Waals surface area (Å²) in [6.07, 6.45) is -0.326. The number of imide groups is 1. The van der Waals surface area contributed by atoms with Crippen molar-refractivity contribution in [1.82, 2.24) is 15.1 Å². The Morgan fingerprint density at radius 3 is 2.62 bits per heavy atom. The molecule has 0 radical (unpaired) electrons. The molecule has 2 aromatic rings. The summed E-state index contributed by atoms with van der Waals surface area (Å²) in [5.74, 6) is -0.512. The van der Waals surface area contributed by atoms with Gasteiger partial charge in [-0.05, 0) is 16.3 Å². The van der Waals surface area contributed by atoms with Crippen LogP contribution in [-0.2, 0) is 16.0 Å². The zero-order valence-corrected chi connectivity index (χ0v) is 13.7. The van der Waals surface area contributed by atoms with Gasteiger partial charge in [0, 0.05) is 14.1 Å². The maximum Gasteiger partial charge on any atom is 0.327 e. The lowest BCUT2D eigenvalue weighted by Gasteiger charge is -2.36. The second-order valence-electron chi connectivity index (χ2n) is 5.95. The molecule has 6 nitrogen and oxygen atoms in total. The third kappa shape index (κ3) is 2.95. The smallest absolute Gasteiger partial charge is 0.327 e. The van der Waals surface area contributed by atoms with Crippen LogP contribution in [0.5, 0.6) is 0 Å². The van der Waals surface area contributed by atoms with Crippen LogP contribution in [0.2, 0.25) is 0 Å². The number of carbonyl (C=O) groups is 3. The van der Waals surface area contributed by atoms with Crippen LogP contribution < -0.4 is 5.32 Å². The first-order valence-electron chi connectivity index (χ1n) is 7.76. The lowest BCUT2D eigenvalue weighted by atomic mass is 10.0. The van der Waals surface area contributed by atoms with E-state index in [9.17, 15) is 14.4 Å². The molecule has 1 fully saturated rings. The summed E-state index contributed by atoms with van der Waals surface area (Å²) >= 11 is 0. The van der Waals surface area contributed by atoms with E-state index in [4.69, 9.17) is 0 Å². The summed E-state index contributed by atoms with van der Waals surface area (Å²) in [6.45, 7) is 0. The zero-order chi connectivity index (χ0) is 17.3. The molecule has 2 aromatic carbocycles. The fourth-order valence-electron chi connectivity index (χ4n) is 2.92. The van der Waals surface area contributed by atoms with Crippen LogP contribution in [0.1, 0.15) is 12.0 Å². The molecule has 24 heavy (non-hydrogen) atoms. The second-order valence-corrected chi connectivity index (χ2v) is 5.95. The maximum atomic E-state index is 12.4. The minimum atomic E-state index is -0.608. The number of nitrogens with one attached hydrogen (secondary N) is 1. The van der Waals surface area contributed by atoms with Gasteiger partial charge in [-0.15, -0.1) is 0 Å². The highest BCUT2D eigenvalue weighted by atomic mass is 16.2. The van der Waals surface area contributed by atoms with Gasteiger partial charge in [-0.1, -0.05) is 42.5 Å². The van der Waals surface area contributed by atoms with Gasteiger partial charge in [0.05, 0.1) is 12.8 Å². The van der Waals surface area contributed by atoms with Gasteiger partial charge >= 0.3 is 6.03 Å². The van der Waals surface area contributed by atoms with Crippen molar-refractivity contribution in [3.63, 3.8) is 0 Å². The number of fused-ring (bicyclic) bond motifs is 1. The van der Waals surface area contributed by atoms with E-state index < -0.39 is 12.2 Å². The predicted octanol–water partition coefficient (Wildman–Crippen LogP) is 1.74. The fraction of sp³-hybridized carbons (Fsp3) is 0.278. The van der Waals surface area contributed by atoms with Crippen LogP contribution in [0.25, 0.3) is 10.8 Å². The molecule has 1 heterocycles. The highest BCUT2D eigenvalue weighted by Crippen LogP contribution is 2.19. The molecule has 0 saturated carbocycles. The molecule has 124 valence electrons. The van der Waals surface area contributed by atoms with Crippen LogP contribution in [0.3, 0.4) is 0 Å². The van der Waals surface area contributed by atoms with Crippen LogP contribution in [0.15, 0.2) is 42.5 Å². The van der Waals surface area contributed by atoms with Crippen LogP contribution >= 0.6 is 0 Å². The minimum absolute atomic E-state index is 0.0834. The van der Waals surface area contributed by atoms with Crippen LogP contribution in [-0.4, -0.2) is 47.9 Å². The molecule has 1 unspecified atom stereocenters. The first kappa shape index (κ1) is 16.0. The Balaban J connectivity index is 1.73. The molecule has 3 rings (SSSR count). The Bertz CT molecular complexity index is 813. The number of benzene rings is 2. The average molecular weight is 325 g/mol. The van der Waals surface area contributed by atoms with Gasteiger partial charge < -0.3 is 10.2 Å². The van der Waals surface area contributed by atoms with Crippen molar-refractivity contribution >= 4 is 28.6 Å². The van der Waals surface area contributed by atoms with Gasteiger partial charge in [0.15, 0.2) is 0 Å². The molecule has 0 spiro atoms. The van der Waals surface area contributed by atoms with Gasteiger partial charge in [0.25, 0.3) is 0 Å². The summed E-state index contributed by atoms with van der Waals surface area (Å²) in [4.78, 5) is 38.6. The van der Waals surface area contributed by atoms with E-state index in [1.54, 1.807) is 7.05 Å². The molecule has 6 heteroatoms. The zero-order valence-electron chi connectivity index (χ0n) is 13.7. The van der Waals surface area contributed by atoms with Crippen molar-refractivity contribution in [1.29, 1.82) is 0 Å². The second kappa shape index (κ2) is 6.31. The van der Waals surface area contributed by atoms with E-state index >= 15 is 0 Å². The summed E-state index contributed by atoms with van der Waals surface area (Å²) in [6, 6.07) is 13.3. The highest BCUT2D eigenvalue weighted by molar-refractivity contribution is 5.97. The van der Waals surface area contributed by atoms with Gasteiger partial charge in [-0.3, -0.25) is 14.5 Å². The molecule has 0 aromatic heterocycles. The summed E-state index contributed by atoms with van der Waals surface area (Å²) in [7, 11) is 3.02. The number of hydrogen-bond donors (Lipinski definition) is 1. The van der Waals surface area contributed by atoms with E-state index in [1.165, 1.54) is 11.9 Å². The third-order valence-electron chi connectivity index (χ3n) is 4.36. The van der Waals surface area contributed by atoms with E-state index in [1.807, 2.05) is 42.5 Å². The predicted molar refractivity (Wildman–Crippen MR) is 90.1 cm³/mol. The molecular weight excluding hydrogens is 306 g/mol. The largest absolute Gasteiger partial charge is 0.335 e. The molecule has 4 amide bonds. The molecule has 1 N–H and O–H groups in total. The van der Waals surface area contributed by atoms with E-state index in [-0.39, 0.29) is 24.7 Å². The van der Waals surface area contributed by atoms with Gasteiger partial charge in [-0.25, -0.2) is 4.79 Å². The van der Waals surface area contributed by atoms with Crippen molar-refractivity contribution in [3.05, 3.63) is 48.0 Å². The first-order valence-corrected chi connectivity index (χ1v) is 7.76. The number of amides is 4. The summed E-state index contributed by atoms with van der Waals surface area (Å²) in [5, 5.41) is 4.88. The molecule has 1 aliphatic rings. The molecular formula is C18H19N3O3. The number of rotatable bonds is 3. The highest BCUT2D eigenvalue weighted by Gasteiger charge is 2.35. The Morgan fingerprint density at radius 2 is 1.83 bits per heavy atom. The summed E-state index contributed by atoms with van der Waals surface area (Å²) < 4.78 is 0. The standard InChI is InChI=1S/C18H19N3O3/c1-20-15(11-17(23)21(2)18(20)24)19-16(22)10-13-8-5-7-12-6-3-4-9-14(12)13/h3-9,15H,10-11H2,1-2H3,(H,19,22). The summed E-state index contributed by atoms with van der Waals surface area (Å²) in [5.41, 5.74) is 0.916. The van der Waals surface area contributed by atoms with Crippen molar-refractivity contribution in [2.24, 2.45) is 0 Å². The Labute approximate surface area is 140 Å². The SMILES string of the molecule is CN1C(=O)CC(NC(=O)Cc2cccc3ccccc23)N(C)C1=O. The van der Waals surface area contributed by atoms with E-state index in [0.29, 0.717) is 0 Å². The molecule has 1 atom stereocenters. The van der Waals surface area contributed by atoms with Gasteiger partial charge in [-0.2, -0.15) is 0 Å². The van der Waals surface area contributed by atoms with Crippen molar-refractivity contribution in [2.45, 2.75) is 19.0 Å². The fourth-order valence-corrected chi connectivity index (χ4v) is 2.92. The lowest BCUT2D eigenvalue weighted by Crippen LogP contribution is -2.59. The minimum Gasteiger partial charge on any atom is -0.335 e. The molecule has 1 saturated heterocycles. The van der Waals surface area contributed by atoms with Gasteiger partial charge in [0.1, 0.15) is 6.17 Å². The number of urea groups is 1. The van der Waals surface area contributed by atoms with Crippen molar-refractivity contribution in [2.75, 3.05) is 14.1 Å². The molecule has 1 aliphatic heterocycles. The number of hydrogen-bond acceptors (Lipinski definition) is 3. The maximum absolute atomic E-state index is 12.4. The first-order chi connectivity index (χ1) is 11.5. The quantitative estimate of drug-likeness (QED) is 0.934. The number of nitrogens with zero attached hydrogens (tertiary/aromatic N) is 2. The normalized spacial score (nSPS) is 18.2. The Morgan fingerprint density at radius 1 is 1.12 bits per heavy atom. The van der Waals surface area contributed by atoms with Gasteiger partial charge in [0.2, 0.25) is 11.8 Å². The average Bonchev–Trinajstić information content (AvgIpc) is 2.58. The molecule has 0 aliphatic carbocycles. The Hall–Kier alpha value is -2.89. The Kier molecular flexibility index (Phi) is 4.20.